The van der Waals surface area contributed by atoms with Gasteiger partial charge in [-0.15, -0.1) is 12.4 Å². The molecule has 2 aliphatic carbocycles. The lowest BCUT2D eigenvalue weighted by Gasteiger charge is -2.43. The Labute approximate surface area is 133 Å². The van der Waals surface area contributed by atoms with Gasteiger partial charge in [0.2, 0.25) is 5.91 Å². The van der Waals surface area contributed by atoms with Gasteiger partial charge in [0, 0.05) is 24.3 Å². The summed E-state index contributed by atoms with van der Waals surface area (Å²) in [6.45, 7) is 0.0703. The van der Waals surface area contributed by atoms with Gasteiger partial charge in [0.15, 0.2) is 0 Å². The molecule has 8 heteroatoms. The first-order valence-corrected chi connectivity index (χ1v) is 8.09. The third-order valence-electron chi connectivity index (χ3n) is 4.45. The number of halogens is 4. The number of hydrogen-bond acceptors (Lipinski definition) is 3. The second-order valence-electron chi connectivity index (χ2n) is 5.78. The number of hydrogen-bond donors (Lipinski definition) is 2. The largest absolute Gasteiger partial charge is 0.441 e. The summed E-state index contributed by atoms with van der Waals surface area (Å²) >= 11 is -0.0953. The smallest absolute Gasteiger partial charge is 0.355 e. The molecule has 2 aliphatic rings. The minimum Gasteiger partial charge on any atom is -0.355 e. The highest BCUT2D eigenvalue weighted by atomic mass is 35.5. The van der Waals surface area contributed by atoms with Gasteiger partial charge >= 0.3 is 5.51 Å². The summed E-state index contributed by atoms with van der Waals surface area (Å²) in [6.07, 6.45) is 4.90. The van der Waals surface area contributed by atoms with Crippen molar-refractivity contribution < 1.29 is 18.0 Å². The fraction of sp³-hybridized carbons (Fsp3) is 0.923. The Balaban J connectivity index is 0.00000220. The van der Waals surface area contributed by atoms with E-state index in [2.05, 4.69) is 5.32 Å². The number of rotatable bonds is 4. The van der Waals surface area contributed by atoms with E-state index in [1.807, 2.05) is 0 Å². The zero-order valence-electron chi connectivity index (χ0n) is 11.7. The quantitative estimate of drug-likeness (QED) is 0.769. The first-order chi connectivity index (χ1) is 9.37. The van der Waals surface area contributed by atoms with Gasteiger partial charge < -0.3 is 11.1 Å². The lowest BCUT2D eigenvalue weighted by Crippen LogP contribution is -2.49. The van der Waals surface area contributed by atoms with Crippen LogP contribution in [-0.2, 0) is 4.79 Å². The topological polar surface area (TPSA) is 55.1 Å². The highest BCUT2D eigenvalue weighted by Crippen LogP contribution is 2.41. The summed E-state index contributed by atoms with van der Waals surface area (Å²) in [5.41, 5.74) is 1.93. The van der Waals surface area contributed by atoms with E-state index in [0.717, 1.165) is 25.7 Å². The molecule has 3 N–H and O–H groups in total. The number of carbonyl (C=O) groups excluding carboxylic acids is 1. The Morgan fingerprint density at radius 1 is 1.24 bits per heavy atom. The molecule has 2 unspecified atom stereocenters. The monoisotopic (exact) mass is 346 g/mol. The van der Waals surface area contributed by atoms with Gasteiger partial charge in [-0.05, 0) is 49.3 Å². The van der Waals surface area contributed by atoms with Crippen LogP contribution in [0.5, 0.6) is 0 Å². The molecule has 124 valence electrons. The van der Waals surface area contributed by atoms with Crippen molar-refractivity contribution in [2.24, 2.45) is 23.5 Å². The number of alkyl halides is 3. The van der Waals surface area contributed by atoms with Crippen LogP contribution in [0.1, 0.15) is 32.1 Å². The second kappa shape index (κ2) is 7.92. The standard InChI is InChI=1S/C13H21F3N2OS.ClH/c14-13(15,16)20-5-4-18-12(19)10-6-8-2-1-3-9(7-10)11(8)17;/h8-11H,1-7,17H2,(H,18,19);1H. The lowest BCUT2D eigenvalue weighted by molar-refractivity contribution is -0.127. The van der Waals surface area contributed by atoms with Gasteiger partial charge in [0.1, 0.15) is 0 Å². The number of amides is 1. The second-order valence-corrected chi connectivity index (χ2v) is 6.94. The fourth-order valence-corrected chi connectivity index (χ4v) is 3.92. The van der Waals surface area contributed by atoms with Crippen molar-refractivity contribution in [3.63, 3.8) is 0 Å². The molecule has 0 aromatic rings. The molecule has 2 bridgehead atoms. The average molecular weight is 347 g/mol. The summed E-state index contributed by atoms with van der Waals surface area (Å²) in [5.74, 6) is 0.511. The van der Waals surface area contributed by atoms with Gasteiger partial charge in [0.25, 0.3) is 0 Å². The van der Waals surface area contributed by atoms with E-state index in [1.165, 1.54) is 6.42 Å². The Hall–Kier alpha value is -0.140. The van der Waals surface area contributed by atoms with Gasteiger partial charge in [-0.25, -0.2) is 0 Å². The van der Waals surface area contributed by atoms with Crippen molar-refractivity contribution in [1.29, 1.82) is 0 Å². The van der Waals surface area contributed by atoms with Gasteiger partial charge in [-0.2, -0.15) is 13.2 Å². The Morgan fingerprint density at radius 2 is 1.81 bits per heavy atom. The highest BCUT2D eigenvalue weighted by molar-refractivity contribution is 8.00. The van der Waals surface area contributed by atoms with Crippen molar-refractivity contribution >= 4 is 30.1 Å². The molecular weight excluding hydrogens is 325 g/mol. The van der Waals surface area contributed by atoms with Crippen molar-refractivity contribution in [2.45, 2.75) is 43.7 Å². The number of nitrogens with two attached hydrogens (primary N) is 1. The summed E-state index contributed by atoms with van der Waals surface area (Å²) in [7, 11) is 0. The number of carbonyl (C=O) groups is 1. The third kappa shape index (κ3) is 5.53. The maximum Gasteiger partial charge on any atom is 0.441 e. The summed E-state index contributed by atoms with van der Waals surface area (Å²) in [5, 5.41) is 2.63. The Morgan fingerprint density at radius 3 is 2.33 bits per heavy atom. The van der Waals surface area contributed by atoms with Gasteiger partial charge in [-0.1, -0.05) is 6.42 Å². The van der Waals surface area contributed by atoms with Crippen LogP contribution in [0.25, 0.3) is 0 Å². The molecule has 0 heterocycles. The molecule has 2 fully saturated rings. The van der Waals surface area contributed by atoms with Crippen molar-refractivity contribution in [1.82, 2.24) is 5.32 Å². The maximum absolute atomic E-state index is 12.0. The molecule has 0 spiro atoms. The normalized spacial score (nSPS) is 32.2. The molecule has 0 aromatic carbocycles. The molecule has 3 nitrogen and oxygen atoms in total. The van der Waals surface area contributed by atoms with E-state index in [0.29, 0.717) is 11.8 Å². The van der Waals surface area contributed by atoms with Crippen LogP contribution in [0.4, 0.5) is 13.2 Å². The molecule has 1 amide bonds. The van der Waals surface area contributed by atoms with E-state index in [-0.39, 0.29) is 54.3 Å². The zero-order chi connectivity index (χ0) is 14.8. The van der Waals surface area contributed by atoms with E-state index in [4.69, 9.17) is 5.73 Å². The Bertz CT molecular complexity index is 343. The van der Waals surface area contributed by atoms with Crippen LogP contribution in [0, 0.1) is 17.8 Å². The van der Waals surface area contributed by atoms with E-state index in [1.54, 1.807) is 0 Å². The van der Waals surface area contributed by atoms with Crippen LogP contribution >= 0.6 is 24.2 Å². The van der Waals surface area contributed by atoms with Crippen LogP contribution in [0.2, 0.25) is 0 Å². The Kier molecular flexibility index (Phi) is 7.13. The van der Waals surface area contributed by atoms with Crippen molar-refractivity contribution in [3.05, 3.63) is 0 Å². The fourth-order valence-electron chi connectivity index (χ4n) is 3.49. The molecule has 2 rings (SSSR count). The summed E-state index contributed by atoms with van der Waals surface area (Å²) in [4.78, 5) is 12.0. The predicted molar refractivity (Wildman–Crippen MR) is 80.3 cm³/mol. The summed E-state index contributed by atoms with van der Waals surface area (Å²) < 4.78 is 35.9. The highest BCUT2D eigenvalue weighted by Gasteiger charge is 2.40. The minimum atomic E-state index is -4.22. The van der Waals surface area contributed by atoms with E-state index >= 15 is 0 Å². The molecule has 0 saturated heterocycles. The minimum absolute atomic E-state index is 0. The van der Waals surface area contributed by atoms with Crippen LogP contribution in [0.15, 0.2) is 0 Å². The zero-order valence-corrected chi connectivity index (χ0v) is 13.3. The van der Waals surface area contributed by atoms with Crippen LogP contribution < -0.4 is 11.1 Å². The molecule has 0 radical (unpaired) electrons. The van der Waals surface area contributed by atoms with E-state index < -0.39 is 5.51 Å². The number of nitrogens with one attached hydrogen (secondary N) is 1. The van der Waals surface area contributed by atoms with Gasteiger partial charge in [0.05, 0.1) is 0 Å². The van der Waals surface area contributed by atoms with E-state index in [9.17, 15) is 18.0 Å². The number of fused-ring (bicyclic) bond motifs is 2. The number of thioether (sulfide) groups is 1. The van der Waals surface area contributed by atoms with Crippen LogP contribution in [0.3, 0.4) is 0 Å². The first-order valence-electron chi connectivity index (χ1n) is 7.11. The molecule has 0 aromatic heterocycles. The third-order valence-corrected chi connectivity index (χ3v) is 5.19. The first kappa shape index (κ1) is 18.9. The van der Waals surface area contributed by atoms with Crippen molar-refractivity contribution in [2.75, 3.05) is 12.3 Å². The molecule has 21 heavy (non-hydrogen) atoms. The SMILES string of the molecule is Cl.NC1C2CCCC1CC(C(=O)NCCSC(F)(F)F)C2. The molecular formula is C13H22ClF3N2OS. The maximum atomic E-state index is 12.0. The molecule has 0 aliphatic heterocycles. The molecule has 2 atom stereocenters. The lowest BCUT2D eigenvalue weighted by atomic mass is 9.65. The average Bonchev–Trinajstić information content (AvgIpc) is 2.33. The van der Waals surface area contributed by atoms with Crippen molar-refractivity contribution in [3.8, 4) is 0 Å². The van der Waals surface area contributed by atoms with Crippen LogP contribution in [-0.4, -0.2) is 29.8 Å². The van der Waals surface area contributed by atoms with Gasteiger partial charge in [-0.3, -0.25) is 4.79 Å². The summed E-state index contributed by atoms with van der Waals surface area (Å²) in [6, 6.07) is 0.202. The molecule has 2 saturated carbocycles. The predicted octanol–water partition coefficient (Wildman–Crippen LogP) is 2.93.